The van der Waals surface area contributed by atoms with Crippen LogP contribution in [0.4, 0.5) is 13.2 Å². The van der Waals surface area contributed by atoms with Gasteiger partial charge in [-0.1, -0.05) is 24.3 Å². The van der Waals surface area contributed by atoms with Crippen LogP contribution in [-0.2, 0) is 6.42 Å². The van der Waals surface area contributed by atoms with Crippen molar-refractivity contribution in [3.05, 3.63) is 35.4 Å². The molecule has 1 aromatic carbocycles. The fraction of sp³-hybridized carbons (Fsp3) is 0.533. The van der Waals surface area contributed by atoms with Crippen LogP contribution in [0.3, 0.4) is 0 Å². The van der Waals surface area contributed by atoms with Crippen molar-refractivity contribution in [3.8, 4) is 0 Å². The molecule has 0 aromatic heterocycles. The number of hydrogen-bond donors (Lipinski definition) is 0. The van der Waals surface area contributed by atoms with E-state index in [1.165, 1.54) is 0 Å². The number of hydrogen-bond acceptors (Lipinski definition) is 1. The van der Waals surface area contributed by atoms with Crippen LogP contribution < -0.4 is 0 Å². The number of carbonyl (C=O) groups is 1. The smallest absolute Gasteiger partial charge is 0.294 e. The van der Waals surface area contributed by atoms with E-state index in [9.17, 15) is 18.0 Å². The van der Waals surface area contributed by atoms with Crippen LogP contribution in [0.2, 0.25) is 0 Å². The molecule has 0 saturated heterocycles. The van der Waals surface area contributed by atoms with Crippen LogP contribution in [0.25, 0.3) is 0 Å². The first-order chi connectivity index (χ1) is 8.97. The van der Waals surface area contributed by atoms with E-state index >= 15 is 0 Å². The number of rotatable bonds is 3. The van der Waals surface area contributed by atoms with Gasteiger partial charge in [-0.25, -0.2) is 0 Å². The summed E-state index contributed by atoms with van der Waals surface area (Å²) in [5.74, 6) is -0.221. The van der Waals surface area contributed by atoms with Gasteiger partial charge in [-0.05, 0) is 37.7 Å². The Morgan fingerprint density at radius 3 is 2.68 bits per heavy atom. The zero-order chi connectivity index (χ0) is 13.9. The van der Waals surface area contributed by atoms with Gasteiger partial charge in [-0.2, -0.15) is 13.2 Å². The van der Waals surface area contributed by atoms with Gasteiger partial charge in [0.2, 0.25) is 0 Å². The molecule has 0 spiro atoms. The highest BCUT2D eigenvalue weighted by atomic mass is 19.4. The molecular formula is C15H17F3O. The maximum atomic E-state index is 12.3. The number of alkyl halides is 3. The maximum Gasteiger partial charge on any atom is 0.389 e. The summed E-state index contributed by atoms with van der Waals surface area (Å²) < 4.78 is 36.4. The average molecular weight is 270 g/mol. The third-order valence-electron chi connectivity index (χ3n) is 3.67. The lowest BCUT2D eigenvalue weighted by Gasteiger charge is -2.14. The summed E-state index contributed by atoms with van der Waals surface area (Å²) in [4.78, 5) is 12.3. The molecule has 0 amide bonds. The Morgan fingerprint density at radius 2 is 1.95 bits per heavy atom. The van der Waals surface area contributed by atoms with Crippen LogP contribution in [-0.4, -0.2) is 12.0 Å². The molecular weight excluding hydrogens is 253 g/mol. The first-order valence-corrected chi connectivity index (χ1v) is 6.66. The van der Waals surface area contributed by atoms with E-state index in [1.807, 2.05) is 18.2 Å². The predicted octanol–water partition coefficient (Wildman–Crippen LogP) is 4.55. The minimum atomic E-state index is -4.12. The molecule has 1 unspecified atom stereocenters. The van der Waals surface area contributed by atoms with Crippen molar-refractivity contribution in [2.24, 2.45) is 5.92 Å². The van der Waals surface area contributed by atoms with Gasteiger partial charge in [-0.3, -0.25) is 4.79 Å². The van der Waals surface area contributed by atoms with Crippen molar-refractivity contribution in [2.45, 2.75) is 44.7 Å². The topological polar surface area (TPSA) is 17.1 Å². The number of benzene rings is 1. The quantitative estimate of drug-likeness (QED) is 0.736. The third-order valence-corrected chi connectivity index (χ3v) is 3.67. The Balaban J connectivity index is 2.01. The Morgan fingerprint density at radius 1 is 1.21 bits per heavy atom. The lowest BCUT2D eigenvalue weighted by molar-refractivity contribution is -0.136. The van der Waals surface area contributed by atoms with Crippen molar-refractivity contribution >= 4 is 5.78 Å². The van der Waals surface area contributed by atoms with Crippen molar-refractivity contribution in [1.82, 2.24) is 0 Å². The highest BCUT2D eigenvalue weighted by molar-refractivity contribution is 5.99. The zero-order valence-electron chi connectivity index (χ0n) is 10.7. The van der Waals surface area contributed by atoms with Gasteiger partial charge in [0.25, 0.3) is 0 Å². The summed E-state index contributed by atoms with van der Waals surface area (Å²) in [6.45, 7) is 0. The molecule has 0 saturated carbocycles. The van der Waals surface area contributed by atoms with Crippen LogP contribution in [0.15, 0.2) is 24.3 Å². The van der Waals surface area contributed by atoms with E-state index < -0.39 is 12.6 Å². The molecule has 19 heavy (non-hydrogen) atoms. The minimum Gasteiger partial charge on any atom is -0.294 e. The van der Waals surface area contributed by atoms with Gasteiger partial charge in [0.05, 0.1) is 0 Å². The highest BCUT2D eigenvalue weighted by Crippen LogP contribution is 2.30. The largest absolute Gasteiger partial charge is 0.389 e. The highest BCUT2D eigenvalue weighted by Gasteiger charge is 2.29. The van der Waals surface area contributed by atoms with Gasteiger partial charge in [0.1, 0.15) is 0 Å². The second-order valence-corrected chi connectivity index (χ2v) is 5.12. The molecule has 0 radical (unpaired) electrons. The molecule has 2 rings (SSSR count). The molecule has 0 N–H and O–H groups in total. The SMILES string of the molecule is O=C1c2ccccc2CCCC1CCCC(F)(F)F. The van der Waals surface area contributed by atoms with E-state index in [0.29, 0.717) is 18.4 Å². The van der Waals surface area contributed by atoms with Crippen LogP contribution in [0.1, 0.15) is 48.0 Å². The van der Waals surface area contributed by atoms with E-state index in [-0.39, 0.29) is 18.1 Å². The number of fused-ring (bicyclic) bond motifs is 1. The van der Waals surface area contributed by atoms with Crippen molar-refractivity contribution in [3.63, 3.8) is 0 Å². The fourth-order valence-electron chi connectivity index (χ4n) is 2.69. The standard InChI is InChI=1S/C15H17F3O/c16-15(17,18)10-4-8-12-7-3-6-11-5-1-2-9-13(11)14(12)19/h1-2,5,9,12H,3-4,6-8,10H2. The first kappa shape index (κ1) is 14.1. The lowest BCUT2D eigenvalue weighted by Crippen LogP contribution is -2.15. The molecule has 104 valence electrons. The summed E-state index contributed by atoms with van der Waals surface area (Å²) in [7, 11) is 0. The second-order valence-electron chi connectivity index (χ2n) is 5.12. The number of carbonyl (C=O) groups excluding carboxylic acids is 1. The summed E-state index contributed by atoms with van der Waals surface area (Å²) in [6.07, 6.45) is -2.11. The molecule has 1 aliphatic rings. The maximum absolute atomic E-state index is 12.3. The van der Waals surface area contributed by atoms with Gasteiger partial charge in [0.15, 0.2) is 5.78 Å². The lowest BCUT2D eigenvalue weighted by atomic mass is 9.90. The normalized spacial score (nSPS) is 19.9. The number of Topliss-reactive ketones (excluding diaryl/α,β-unsaturated/α-hetero) is 1. The summed E-state index contributed by atoms with van der Waals surface area (Å²) in [6, 6.07) is 7.44. The number of halogens is 3. The molecule has 0 bridgehead atoms. The molecule has 1 nitrogen and oxygen atoms in total. The molecule has 1 aromatic rings. The first-order valence-electron chi connectivity index (χ1n) is 6.66. The van der Waals surface area contributed by atoms with Crippen LogP contribution in [0, 0.1) is 5.92 Å². The minimum absolute atomic E-state index is 0.0234. The van der Waals surface area contributed by atoms with E-state index in [2.05, 4.69) is 0 Å². The Hall–Kier alpha value is -1.32. The van der Waals surface area contributed by atoms with Crippen LogP contribution in [0.5, 0.6) is 0 Å². The summed E-state index contributed by atoms with van der Waals surface area (Å²) >= 11 is 0. The fourth-order valence-corrected chi connectivity index (χ4v) is 2.69. The Kier molecular flexibility index (Phi) is 4.27. The number of ketones is 1. The van der Waals surface area contributed by atoms with E-state index in [0.717, 1.165) is 18.4 Å². The Labute approximate surface area is 110 Å². The van der Waals surface area contributed by atoms with Gasteiger partial charge >= 0.3 is 6.18 Å². The summed E-state index contributed by atoms with van der Waals surface area (Å²) in [5, 5.41) is 0. The third kappa shape index (κ3) is 3.82. The summed E-state index contributed by atoms with van der Waals surface area (Å²) in [5.41, 5.74) is 1.74. The van der Waals surface area contributed by atoms with Crippen molar-refractivity contribution in [1.29, 1.82) is 0 Å². The zero-order valence-corrected chi connectivity index (χ0v) is 10.7. The predicted molar refractivity (Wildman–Crippen MR) is 67.1 cm³/mol. The van der Waals surface area contributed by atoms with Gasteiger partial charge in [-0.15, -0.1) is 0 Å². The Bertz CT molecular complexity index is 451. The second kappa shape index (κ2) is 5.76. The van der Waals surface area contributed by atoms with Gasteiger partial charge in [0, 0.05) is 17.9 Å². The molecule has 4 heteroatoms. The number of aryl methyl sites for hydroxylation is 1. The monoisotopic (exact) mass is 270 g/mol. The molecule has 0 fully saturated rings. The van der Waals surface area contributed by atoms with Crippen molar-refractivity contribution in [2.75, 3.05) is 0 Å². The molecule has 0 heterocycles. The average Bonchev–Trinajstić information content (AvgIpc) is 2.49. The van der Waals surface area contributed by atoms with E-state index in [4.69, 9.17) is 0 Å². The molecule has 0 aliphatic heterocycles. The van der Waals surface area contributed by atoms with Crippen molar-refractivity contribution < 1.29 is 18.0 Å². The molecule has 1 atom stereocenters. The molecule has 1 aliphatic carbocycles. The van der Waals surface area contributed by atoms with Gasteiger partial charge < -0.3 is 0 Å². The van der Waals surface area contributed by atoms with E-state index in [1.54, 1.807) is 6.07 Å². The van der Waals surface area contributed by atoms with Crippen LogP contribution >= 0.6 is 0 Å².